The largest absolute Gasteiger partial charge is 0.494 e. The third kappa shape index (κ3) is 6.51. The Balaban J connectivity index is 1.99. The zero-order valence-corrected chi connectivity index (χ0v) is 23.1. The predicted molar refractivity (Wildman–Crippen MR) is 149 cm³/mol. The molecule has 3 rings (SSSR count). The Morgan fingerprint density at radius 1 is 1.09 bits per heavy atom. The molecule has 4 nitrogen and oxygen atoms in total. The average Bonchev–Trinajstić information content (AvgIpc) is 2.72. The Morgan fingerprint density at radius 3 is 2.35 bits per heavy atom. The summed E-state index contributed by atoms with van der Waals surface area (Å²) in [5.41, 5.74) is 4.85. The van der Waals surface area contributed by atoms with Crippen LogP contribution in [0.15, 0.2) is 42.5 Å². The summed E-state index contributed by atoms with van der Waals surface area (Å²) in [6.45, 7) is 19.2. The van der Waals surface area contributed by atoms with E-state index in [1.807, 2.05) is 13.0 Å². The van der Waals surface area contributed by atoms with E-state index in [1.54, 1.807) is 0 Å². The van der Waals surface area contributed by atoms with Crippen molar-refractivity contribution in [1.29, 1.82) is 0 Å². The topological polar surface area (TPSA) is 36.5 Å². The van der Waals surface area contributed by atoms with Gasteiger partial charge in [0.1, 0.15) is 5.75 Å². The third-order valence-electron chi connectivity index (χ3n) is 6.64. The quantitative estimate of drug-likeness (QED) is 0.415. The van der Waals surface area contributed by atoms with E-state index in [1.165, 1.54) is 11.1 Å². The summed E-state index contributed by atoms with van der Waals surface area (Å²) in [7, 11) is 0. The third-order valence-corrected chi connectivity index (χ3v) is 6.98. The Hall–Kier alpha value is -2.11. The molecule has 2 aromatic rings. The molecule has 0 aliphatic carbocycles. The molecule has 1 heterocycles. The molecule has 1 aliphatic heterocycles. The molecule has 1 saturated heterocycles. The van der Waals surface area contributed by atoms with Crippen LogP contribution < -0.4 is 15.4 Å². The number of thiocarbonyl (C=S) groups is 1. The van der Waals surface area contributed by atoms with Gasteiger partial charge in [-0.15, -0.1) is 0 Å². The molecule has 0 radical (unpaired) electrons. The van der Waals surface area contributed by atoms with Gasteiger partial charge >= 0.3 is 0 Å². The van der Waals surface area contributed by atoms with Crippen molar-refractivity contribution in [1.82, 2.24) is 10.2 Å². The number of aryl methyl sites for hydroxylation is 1. The second-order valence-electron chi connectivity index (χ2n) is 11.2. The van der Waals surface area contributed by atoms with Crippen molar-refractivity contribution in [3.8, 4) is 5.75 Å². The lowest BCUT2D eigenvalue weighted by Crippen LogP contribution is -2.63. The molecule has 186 valence electrons. The van der Waals surface area contributed by atoms with E-state index in [2.05, 4.69) is 100 Å². The maximum atomic E-state index is 6.15. The first kappa shape index (κ1) is 26.5. The number of ether oxygens (including phenoxy) is 1. The van der Waals surface area contributed by atoms with Gasteiger partial charge < -0.3 is 20.3 Å². The van der Waals surface area contributed by atoms with Crippen molar-refractivity contribution in [3.63, 3.8) is 0 Å². The highest BCUT2D eigenvalue weighted by Crippen LogP contribution is 2.35. The van der Waals surface area contributed by atoms with Crippen LogP contribution in [0.4, 0.5) is 5.69 Å². The van der Waals surface area contributed by atoms with E-state index in [4.69, 9.17) is 17.0 Å². The summed E-state index contributed by atoms with van der Waals surface area (Å²) in [5, 5.41) is 8.28. The molecule has 0 bridgehead atoms. The smallest absolute Gasteiger partial charge is 0.173 e. The molecule has 1 aliphatic rings. The lowest BCUT2D eigenvalue weighted by Gasteiger charge is -2.50. The minimum Gasteiger partial charge on any atom is -0.494 e. The summed E-state index contributed by atoms with van der Waals surface area (Å²) >= 11 is 6.15. The monoisotopic (exact) mass is 481 g/mol. The van der Waals surface area contributed by atoms with Crippen LogP contribution in [0.1, 0.15) is 83.9 Å². The van der Waals surface area contributed by atoms with Gasteiger partial charge in [0.15, 0.2) is 5.11 Å². The number of rotatable bonds is 7. The molecule has 0 aromatic heterocycles. The molecule has 1 fully saturated rings. The number of anilines is 1. The zero-order valence-electron chi connectivity index (χ0n) is 22.3. The van der Waals surface area contributed by atoms with E-state index >= 15 is 0 Å². The van der Waals surface area contributed by atoms with Crippen molar-refractivity contribution in [2.75, 3.05) is 11.9 Å². The Labute approximate surface area is 212 Å². The minimum atomic E-state index is 0.0193. The van der Waals surface area contributed by atoms with Crippen molar-refractivity contribution >= 4 is 23.0 Å². The standard InChI is InChI=1S/C29H43N3OS/c1-9-33-25-16-11-10-14-22(25)19-32(23-17-28(5,6)31-29(7,8)18-23)27(34)30-26-21(4)13-12-15-24(26)20(2)3/h10-16,20,23,31H,9,17-19H2,1-8H3,(H,30,34). The fourth-order valence-electron chi connectivity index (χ4n) is 5.49. The van der Waals surface area contributed by atoms with E-state index in [0.717, 1.165) is 35.0 Å². The van der Waals surface area contributed by atoms with Crippen molar-refractivity contribution in [3.05, 3.63) is 59.2 Å². The first-order chi connectivity index (χ1) is 15.9. The van der Waals surface area contributed by atoms with Crippen LogP contribution >= 0.6 is 12.2 Å². The molecule has 2 aromatic carbocycles. The molecule has 2 N–H and O–H groups in total. The van der Waals surface area contributed by atoms with Gasteiger partial charge in [0, 0.05) is 34.9 Å². The van der Waals surface area contributed by atoms with E-state index in [0.29, 0.717) is 25.1 Å². The molecule has 34 heavy (non-hydrogen) atoms. The van der Waals surface area contributed by atoms with E-state index in [-0.39, 0.29) is 11.1 Å². The van der Waals surface area contributed by atoms with Crippen LogP contribution in [-0.4, -0.2) is 33.7 Å². The lowest BCUT2D eigenvalue weighted by molar-refractivity contribution is 0.101. The summed E-state index contributed by atoms with van der Waals surface area (Å²) in [5.74, 6) is 1.35. The van der Waals surface area contributed by atoms with Crippen LogP contribution in [0, 0.1) is 6.92 Å². The number of hydrogen-bond acceptors (Lipinski definition) is 3. The predicted octanol–water partition coefficient (Wildman–Crippen LogP) is 7.03. The Kier molecular flexibility index (Phi) is 8.30. The number of piperidine rings is 1. The number of nitrogens with one attached hydrogen (secondary N) is 2. The first-order valence-corrected chi connectivity index (χ1v) is 13.0. The summed E-state index contributed by atoms with van der Waals surface area (Å²) in [4.78, 5) is 2.40. The second-order valence-corrected chi connectivity index (χ2v) is 11.6. The molecule has 0 spiro atoms. The van der Waals surface area contributed by atoms with Crippen molar-refractivity contribution in [2.45, 2.75) is 97.8 Å². The highest BCUT2D eigenvalue weighted by Gasteiger charge is 2.41. The van der Waals surface area contributed by atoms with Crippen molar-refractivity contribution in [2.24, 2.45) is 0 Å². The molecule has 0 unspecified atom stereocenters. The average molecular weight is 482 g/mol. The molecular weight excluding hydrogens is 438 g/mol. The van der Waals surface area contributed by atoms with Gasteiger partial charge in [-0.2, -0.15) is 0 Å². The molecule has 0 atom stereocenters. The fraction of sp³-hybridized carbons (Fsp3) is 0.552. The Bertz CT molecular complexity index is 983. The molecular formula is C29H43N3OS. The summed E-state index contributed by atoms with van der Waals surface area (Å²) in [6, 6.07) is 15.1. The maximum Gasteiger partial charge on any atom is 0.173 e. The maximum absolute atomic E-state index is 6.15. The SMILES string of the molecule is CCOc1ccccc1CN(C(=S)Nc1c(C)cccc1C(C)C)C1CC(C)(C)NC(C)(C)C1. The van der Waals surface area contributed by atoms with E-state index < -0.39 is 0 Å². The molecule has 0 amide bonds. The van der Waals surface area contributed by atoms with E-state index in [9.17, 15) is 0 Å². The lowest BCUT2D eigenvalue weighted by atomic mass is 9.79. The summed E-state index contributed by atoms with van der Waals surface area (Å²) < 4.78 is 5.97. The minimum absolute atomic E-state index is 0.0193. The molecule has 5 heteroatoms. The normalized spacial score (nSPS) is 17.4. The zero-order chi connectivity index (χ0) is 25.1. The number of para-hydroxylation sites is 2. The van der Waals surface area contributed by atoms with Gasteiger partial charge in [-0.1, -0.05) is 50.2 Å². The highest BCUT2D eigenvalue weighted by molar-refractivity contribution is 7.80. The van der Waals surface area contributed by atoms with Crippen LogP contribution in [0.3, 0.4) is 0 Å². The Morgan fingerprint density at radius 2 is 1.74 bits per heavy atom. The van der Waals surface area contributed by atoms with Crippen LogP contribution in [0.2, 0.25) is 0 Å². The fourth-order valence-corrected chi connectivity index (χ4v) is 5.81. The van der Waals surface area contributed by atoms with Gasteiger partial charge in [0.2, 0.25) is 0 Å². The highest BCUT2D eigenvalue weighted by atomic mass is 32.1. The first-order valence-electron chi connectivity index (χ1n) is 12.6. The van der Waals surface area contributed by atoms with Gasteiger partial charge in [-0.25, -0.2) is 0 Å². The summed E-state index contributed by atoms with van der Waals surface area (Å²) in [6.07, 6.45) is 2.03. The second kappa shape index (κ2) is 10.7. The van der Waals surface area contributed by atoms with Gasteiger partial charge in [-0.05, 0) is 89.7 Å². The number of benzene rings is 2. The number of nitrogens with zero attached hydrogens (tertiary/aromatic N) is 1. The van der Waals surface area contributed by atoms with Crippen LogP contribution in [0.25, 0.3) is 0 Å². The van der Waals surface area contributed by atoms with Gasteiger partial charge in [0.05, 0.1) is 6.61 Å². The number of hydrogen-bond donors (Lipinski definition) is 2. The van der Waals surface area contributed by atoms with Crippen LogP contribution in [-0.2, 0) is 6.54 Å². The van der Waals surface area contributed by atoms with Gasteiger partial charge in [-0.3, -0.25) is 0 Å². The van der Waals surface area contributed by atoms with Crippen molar-refractivity contribution < 1.29 is 4.74 Å². The van der Waals surface area contributed by atoms with Gasteiger partial charge in [0.25, 0.3) is 0 Å². The van der Waals surface area contributed by atoms with Crippen LogP contribution in [0.5, 0.6) is 5.75 Å². The molecule has 0 saturated carbocycles.